The Kier molecular flexibility index (Phi) is 6.27. The number of benzene rings is 1. The molecule has 2 aromatic heterocycles. The van der Waals surface area contributed by atoms with Crippen LogP contribution in [0.2, 0.25) is 0 Å². The molecule has 1 aromatic carbocycles. The maximum atomic E-state index is 13.1. The minimum atomic E-state index is -0.596. The molecule has 3 rings (SSSR count). The molecular formula is C20H16FN5O3. The molecule has 8 nitrogen and oxygen atoms in total. The number of hydrogen-bond donors (Lipinski definition) is 1. The van der Waals surface area contributed by atoms with Crippen molar-refractivity contribution in [3.05, 3.63) is 76.6 Å². The number of unbranched alkanes of at least 4 members (excludes halogenated alkanes) is 1. The highest BCUT2D eigenvalue weighted by molar-refractivity contribution is 6.02. The van der Waals surface area contributed by atoms with Gasteiger partial charge in [-0.05, 0) is 48.9 Å². The molecule has 0 bridgehead atoms. The van der Waals surface area contributed by atoms with Crippen LogP contribution in [0.15, 0.2) is 59.5 Å². The van der Waals surface area contributed by atoms with E-state index in [1.54, 1.807) is 12.1 Å². The minimum absolute atomic E-state index is 0.0324. The fourth-order valence-corrected chi connectivity index (χ4v) is 2.41. The summed E-state index contributed by atoms with van der Waals surface area (Å²) >= 11 is 0. The van der Waals surface area contributed by atoms with Gasteiger partial charge in [-0.2, -0.15) is 15.0 Å². The second-order valence-corrected chi connectivity index (χ2v) is 5.86. The molecule has 29 heavy (non-hydrogen) atoms. The number of hydrogen-bond acceptors (Lipinski definition) is 6. The van der Waals surface area contributed by atoms with Crippen LogP contribution in [0, 0.1) is 17.1 Å². The highest BCUT2D eigenvalue weighted by Gasteiger charge is 2.14. The van der Waals surface area contributed by atoms with Gasteiger partial charge >= 0.3 is 0 Å². The Bertz CT molecular complexity index is 1110. The van der Waals surface area contributed by atoms with Crippen LogP contribution in [0.4, 0.5) is 10.2 Å². The van der Waals surface area contributed by atoms with E-state index in [0.29, 0.717) is 30.9 Å². The van der Waals surface area contributed by atoms with Gasteiger partial charge in [0.25, 0.3) is 11.5 Å². The normalized spacial score (nSPS) is 10.2. The molecule has 2 heterocycles. The van der Waals surface area contributed by atoms with Crippen LogP contribution in [0.5, 0.6) is 5.75 Å². The number of ether oxygens (including phenoxy) is 1. The molecule has 9 heteroatoms. The summed E-state index contributed by atoms with van der Waals surface area (Å²) in [5.41, 5.74) is -0.173. The van der Waals surface area contributed by atoms with Crippen molar-refractivity contribution in [2.24, 2.45) is 0 Å². The van der Waals surface area contributed by atoms with Gasteiger partial charge in [0.05, 0.1) is 18.4 Å². The van der Waals surface area contributed by atoms with Crippen LogP contribution in [-0.4, -0.2) is 27.3 Å². The standard InChI is InChI=1S/C20H16FN5O3/c21-14-5-7-15(8-6-14)26-18(27)10-9-16(25-26)20(28)24-19-17(4-3-12-23-19)29-13-2-1-11-22/h3-10,12H,1-2,13H2,(H,23,24,28). The molecule has 0 fully saturated rings. The zero-order valence-electron chi connectivity index (χ0n) is 15.2. The molecule has 0 saturated carbocycles. The largest absolute Gasteiger partial charge is 0.490 e. The lowest BCUT2D eigenvalue weighted by molar-refractivity contribution is 0.101. The van der Waals surface area contributed by atoms with Crippen LogP contribution in [0.3, 0.4) is 0 Å². The van der Waals surface area contributed by atoms with Gasteiger partial charge in [-0.3, -0.25) is 9.59 Å². The van der Waals surface area contributed by atoms with Gasteiger partial charge in [0.15, 0.2) is 11.6 Å². The number of nitrogens with zero attached hydrogens (tertiary/aromatic N) is 4. The first kappa shape index (κ1) is 19.7. The monoisotopic (exact) mass is 393 g/mol. The number of nitrogens with one attached hydrogen (secondary N) is 1. The summed E-state index contributed by atoms with van der Waals surface area (Å²) in [6.45, 7) is 0.301. The first-order chi connectivity index (χ1) is 14.1. The third-order valence-electron chi connectivity index (χ3n) is 3.80. The Labute approximate surface area is 165 Å². The minimum Gasteiger partial charge on any atom is -0.490 e. The number of pyridine rings is 1. The molecule has 1 N–H and O–H groups in total. The van der Waals surface area contributed by atoms with Crippen molar-refractivity contribution in [1.82, 2.24) is 14.8 Å². The van der Waals surface area contributed by atoms with E-state index in [-0.39, 0.29) is 11.5 Å². The lowest BCUT2D eigenvalue weighted by atomic mass is 10.3. The van der Waals surface area contributed by atoms with Gasteiger partial charge in [0, 0.05) is 18.7 Å². The molecule has 0 atom stereocenters. The average Bonchev–Trinajstić information content (AvgIpc) is 2.73. The number of anilines is 1. The predicted octanol–water partition coefficient (Wildman–Crippen LogP) is 2.70. The fourth-order valence-electron chi connectivity index (χ4n) is 2.41. The molecule has 0 aliphatic heterocycles. The van der Waals surface area contributed by atoms with E-state index in [0.717, 1.165) is 4.68 Å². The number of halogens is 1. The Hall–Kier alpha value is -4.06. The Morgan fingerprint density at radius 1 is 1.21 bits per heavy atom. The predicted molar refractivity (Wildman–Crippen MR) is 102 cm³/mol. The highest BCUT2D eigenvalue weighted by Crippen LogP contribution is 2.21. The zero-order chi connectivity index (χ0) is 20.6. The second kappa shape index (κ2) is 9.23. The Morgan fingerprint density at radius 3 is 2.76 bits per heavy atom. The Morgan fingerprint density at radius 2 is 2.00 bits per heavy atom. The first-order valence-electron chi connectivity index (χ1n) is 8.71. The highest BCUT2D eigenvalue weighted by atomic mass is 19.1. The number of aromatic nitrogens is 3. The molecule has 0 unspecified atom stereocenters. The van der Waals surface area contributed by atoms with Crippen molar-refractivity contribution < 1.29 is 13.9 Å². The summed E-state index contributed by atoms with van der Waals surface area (Å²) in [7, 11) is 0. The van der Waals surface area contributed by atoms with Gasteiger partial charge in [0.2, 0.25) is 0 Å². The number of amides is 1. The second-order valence-electron chi connectivity index (χ2n) is 5.86. The van der Waals surface area contributed by atoms with Crippen molar-refractivity contribution in [1.29, 1.82) is 5.26 Å². The van der Waals surface area contributed by atoms with E-state index >= 15 is 0 Å². The van der Waals surface area contributed by atoms with E-state index in [4.69, 9.17) is 10.00 Å². The molecule has 1 amide bonds. The lowest BCUT2D eigenvalue weighted by Crippen LogP contribution is -2.25. The van der Waals surface area contributed by atoms with Gasteiger partial charge in [-0.25, -0.2) is 9.37 Å². The summed E-state index contributed by atoms with van der Waals surface area (Å²) in [5, 5.41) is 15.2. The molecule has 146 valence electrons. The summed E-state index contributed by atoms with van der Waals surface area (Å²) < 4.78 is 19.7. The van der Waals surface area contributed by atoms with Crippen molar-refractivity contribution in [3.8, 4) is 17.5 Å². The lowest BCUT2D eigenvalue weighted by Gasteiger charge is -2.11. The molecule has 0 spiro atoms. The molecule has 3 aromatic rings. The van der Waals surface area contributed by atoms with E-state index in [9.17, 15) is 14.0 Å². The van der Waals surface area contributed by atoms with Gasteiger partial charge in [-0.1, -0.05) is 0 Å². The molecular weight excluding hydrogens is 377 g/mol. The fraction of sp³-hybridized carbons (Fsp3) is 0.150. The molecule has 0 aliphatic rings. The number of rotatable bonds is 7. The maximum Gasteiger partial charge on any atom is 0.277 e. The average molecular weight is 393 g/mol. The number of carbonyl (C=O) groups is 1. The molecule has 0 aliphatic carbocycles. The summed E-state index contributed by atoms with van der Waals surface area (Å²) in [6, 6.07) is 13.0. The van der Waals surface area contributed by atoms with E-state index < -0.39 is 17.3 Å². The van der Waals surface area contributed by atoms with E-state index in [1.807, 2.05) is 6.07 Å². The number of nitriles is 1. The quantitative estimate of drug-likeness (QED) is 0.618. The van der Waals surface area contributed by atoms with Crippen molar-refractivity contribution >= 4 is 11.7 Å². The van der Waals surface area contributed by atoms with Crippen molar-refractivity contribution in [3.63, 3.8) is 0 Å². The van der Waals surface area contributed by atoms with Crippen LogP contribution in [-0.2, 0) is 0 Å². The summed E-state index contributed by atoms with van der Waals surface area (Å²) in [4.78, 5) is 28.8. The SMILES string of the molecule is N#CCCCOc1cccnc1NC(=O)c1ccc(=O)n(-c2ccc(F)cc2)n1. The summed E-state index contributed by atoms with van der Waals surface area (Å²) in [6.07, 6.45) is 2.39. The third-order valence-corrected chi connectivity index (χ3v) is 3.80. The van der Waals surface area contributed by atoms with Crippen LogP contribution < -0.4 is 15.6 Å². The smallest absolute Gasteiger partial charge is 0.277 e. The molecule has 0 radical (unpaired) electrons. The topological polar surface area (TPSA) is 110 Å². The maximum absolute atomic E-state index is 13.1. The Balaban J connectivity index is 1.80. The summed E-state index contributed by atoms with van der Waals surface area (Å²) in [5.74, 6) is -0.504. The van der Waals surface area contributed by atoms with Crippen LogP contribution >= 0.6 is 0 Å². The third kappa shape index (κ3) is 5.01. The zero-order valence-corrected chi connectivity index (χ0v) is 15.2. The van der Waals surface area contributed by atoms with Crippen molar-refractivity contribution in [2.75, 3.05) is 11.9 Å². The van der Waals surface area contributed by atoms with Crippen LogP contribution in [0.25, 0.3) is 5.69 Å². The van der Waals surface area contributed by atoms with Crippen LogP contribution in [0.1, 0.15) is 23.3 Å². The molecule has 0 saturated heterocycles. The van der Waals surface area contributed by atoms with E-state index in [2.05, 4.69) is 15.4 Å². The number of carbonyl (C=O) groups excluding carboxylic acids is 1. The van der Waals surface area contributed by atoms with Crippen molar-refractivity contribution in [2.45, 2.75) is 12.8 Å². The van der Waals surface area contributed by atoms with Gasteiger partial charge < -0.3 is 10.1 Å². The first-order valence-corrected chi connectivity index (χ1v) is 8.71. The van der Waals surface area contributed by atoms with Gasteiger partial charge in [-0.15, -0.1) is 0 Å². The van der Waals surface area contributed by atoms with Gasteiger partial charge in [0.1, 0.15) is 11.5 Å². The van der Waals surface area contributed by atoms with E-state index in [1.165, 1.54) is 42.6 Å².